The van der Waals surface area contributed by atoms with Crippen molar-refractivity contribution in [3.05, 3.63) is 75.1 Å². The van der Waals surface area contributed by atoms with Crippen LogP contribution in [-0.2, 0) is 17.8 Å². The van der Waals surface area contributed by atoms with Gasteiger partial charge in [-0.2, -0.15) is 4.98 Å². The Morgan fingerprint density at radius 3 is 2.67 bits per heavy atom. The van der Waals surface area contributed by atoms with Crippen LogP contribution in [0.1, 0.15) is 17.9 Å². The number of nitro groups is 1. The van der Waals surface area contributed by atoms with Crippen molar-refractivity contribution in [1.82, 2.24) is 15.5 Å². The fourth-order valence-electron chi connectivity index (χ4n) is 2.41. The lowest BCUT2D eigenvalue weighted by Crippen LogP contribution is -2.23. The molecule has 0 unspecified atom stereocenters. The number of amides is 1. The molecule has 0 saturated heterocycles. The number of para-hydroxylation sites is 1. The Bertz CT molecular complexity index is 956. The molecule has 1 heterocycles. The SMILES string of the molecule is O=C(CCc1nc(-c2ccc(Cl)cc2)no1)NCc1ccccc1[N+](=O)[O-]. The molecule has 1 amide bonds. The van der Waals surface area contributed by atoms with Crippen LogP contribution in [0.25, 0.3) is 11.4 Å². The Hall–Kier alpha value is -3.26. The van der Waals surface area contributed by atoms with Gasteiger partial charge in [0.15, 0.2) is 0 Å². The normalized spacial score (nSPS) is 10.6. The number of carbonyl (C=O) groups is 1. The van der Waals surface area contributed by atoms with E-state index in [-0.39, 0.29) is 31.0 Å². The van der Waals surface area contributed by atoms with E-state index in [2.05, 4.69) is 15.5 Å². The van der Waals surface area contributed by atoms with Gasteiger partial charge in [0.05, 0.1) is 4.92 Å². The Labute approximate surface area is 159 Å². The number of nitro benzene ring substituents is 1. The van der Waals surface area contributed by atoms with Crippen molar-refractivity contribution in [1.29, 1.82) is 0 Å². The third-order valence-corrected chi connectivity index (χ3v) is 4.05. The second kappa shape index (κ2) is 8.41. The highest BCUT2D eigenvalue weighted by Crippen LogP contribution is 2.19. The van der Waals surface area contributed by atoms with Crippen molar-refractivity contribution >= 4 is 23.2 Å². The van der Waals surface area contributed by atoms with E-state index in [1.165, 1.54) is 6.07 Å². The topological polar surface area (TPSA) is 111 Å². The van der Waals surface area contributed by atoms with E-state index in [0.29, 0.717) is 22.3 Å². The zero-order chi connectivity index (χ0) is 19.2. The average molecular weight is 387 g/mol. The number of rotatable bonds is 7. The summed E-state index contributed by atoms with van der Waals surface area (Å²) in [7, 11) is 0. The van der Waals surface area contributed by atoms with Crippen LogP contribution in [0, 0.1) is 10.1 Å². The van der Waals surface area contributed by atoms with E-state index in [4.69, 9.17) is 16.1 Å². The van der Waals surface area contributed by atoms with Gasteiger partial charge >= 0.3 is 0 Å². The maximum atomic E-state index is 12.0. The molecule has 8 nitrogen and oxygen atoms in total. The number of nitrogens with one attached hydrogen (secondary N) is 1. The van der Waals surface area contributed by atoms with Gasteiger partial charge in [0.25, 0.3) is 5.69 Å². The van der Waals surface area contributed by atoms with Gasteiger partial charge in [-0.05, 0) is 24.3 Å². The van der Waals surface area contributed by atoms with Crippen LogP contribution >= 0.6 is 11.6 Å². The molecule has 1 aromatic heterocycles. The Balaban J connectivity index is 1.53. The molecule has 3 aromatic rings. The first-order valence-electron chi connectivity index (χ1n) is 8.10. The Morgan fingerprint density at radius 2 is 1.93 bits per heavy atom. The summed E-state index contributed by atoms with van der Waals surface area (Å²) in [5.74, 6) is 0.488. The fraction of sp³-hybridized carbons (Fsp3) is 0.167. The van der Waals surface area contributed by atoms with E-state index in [1.54, 1.807) is 42.5 Å². The van der Waals surface area contributed by atoms with Gasteiger partial charge in [0, 0.05) is 41.6 Å². The lowest BCUT2D eigenvalue weighted by Gasteiger charge is -2.05. The minimum absolute atomic E-state index is 0.0256. The molecular formula is C18H15ClN4O4. The summed E-state index contributed by atoms with van der Waals surface area (Å²) in [6.07, 6.45) is 0.395. The third kappa shape index (κ3) is 4.89. The number of hydrogen-bond acceptors (Lipinski definition) is 6. The number of halogens is 1. The molecule has 0 aliphatic rings. The minimum Gasteiger partial charge on any atom is -0.352 e. The van der Waals surface area contributed by atoms with E-state index in [9.17, 15) is 14.9 Å². The third-order valence-electron chi connectivity index (χ3n) is 3.80. The number of aryl methyl sites for hydroxylation is 1. The van der Waals surface area contributed by atoms with Crippen LogP contribution in [-0.4, -0.2) is 21.0 Å². The van der Waals surface area contributed by atoms with Crippen molar-refractivity contribution in [2.75, 3.05) is 0 Å². The highest BCUT2D eigenvalue weighted by molar-refractivity contribution is 6.30. The molecule has 1 N–H and O–H groups in total. The Kier molecular flexibility index (Phi) is 5.77. The first-order valence-corrected chi connectivity index (χ1v) is 8.48. The molecule has 0 bridgehead atoms. The molecule has 3 rings (SSSR count). The number of benzene rings is 2. The number of nitrogens with zero attached hydrogens (tertiary/aromatic N) is 3. The summed E-state index contributed by atoms with van der Waals surface area (Å²) in [6, 6.07) is 13.3. The van der Waals surface area contributed by atoms with Gasteiger partial charge in [-0.15, -0.1) is 0 Å². The van der Waals surface area contributed by atoms with Crippen LogP contribution in [0.4, 0.5) is 5.69 Å². The van der Waals surface area contributed by atoms with Crippen molar-refractivity contribution < 1.29 is 14.2 Å². The summed E-state index contributed by atoms with van der Waals surface area (Å²) < 4.78 is 5.15. The molecule has 9 heteroatoms. The molecule has 0 saturated carbocycles. The molecule has 0 fully saturated rings. The standard InChI is InChI=1S/C18H15ClN4O4/c19-14-7-5-12(6-8-14)18-21-17(27-22-18)10-9-16(24)20-11-13-3-1-2-4-15(13)23(25)26/h1-8H,9-11H2,(H,20,24). The highest BCUT2D eigenvalue weighted by atomic mass is 35.5. The van der Waals surface area contributed by atoms with Gasteiger partial charge in [-0.3, -0.25) is 14.9 Å². The zero-order valence-electron chi connectivity index (χ0n) is 14.1. The predicted octanol–water partition coefficient (Wildman–Crippen LogP) is 3.55. The summed E-state index contributed by atoms with van der Waals surface area (Å²) in [5, 5.41) is 18.1. The van der Waals surface area contributed by atoms with E-state index < -0.39 is 4.92 Å². The lowest BCUT2D eigenvalue weighted by atomic mass is 10.2. The molecule has 27 heavy (non-hydrogen) atoms. The summed E-state index contributed by atoms with van der Waals surface area (Å²) in [5.41, 5.74) is 1.18. The zero-order valence-corrected chi connectivity index (χ0v) is 14.8. The minimum atomic E-state index is -0.474. The van der Waals surface area contributed by atoms with Crippen LogP contribution < -0.4 is 5.32 Å². The molecule has 0 aliphatic carbocycles. The van der Waals surface area contributed by atoms with Crippen molar-refractivity contribution in [2.24, 2.45) is 0 Å². The largest absolute Gasteiger partial charge is 0.352 e. The maximum absolute atomic E-state index is 12.0. The average Bonchev–Trinajstić information content (AvgIpc) is 3.14. The van der Waals surface area contributed by atoms with Crippen molar-refractivity contribution in [2.45, 2.75) is 19.4 Å². The summed E-state index contributed by atoms with van der Waals surface area (Å²) >= 11 is 5.84. The van der Waals surface area contributed by atoms with Gasteiger partial charge in [0.2, 0.25) is 17.6 Å². The monoisotopic (exact) mass is 386 g/mol. The predicted molar refractivity (Wildman–Crippen MR) is 98.0 cm³/mol. The van der Waals surface area contributed by atoms with Crippen LogP contribution in [0.3, 0.4) is 0 Å². The maximum Gasteiger partial charge on any atom is 0.274 e. The molecule has 0 atom stereocenters. The first kappa shape index (κ1) is 18.5. The number of hydrogen-bond donors (Lipinski definition) is 1. The Morgan fingerprint density at radius 1 is 1.19 bits per heavy atom. The van der Waals surface area contributed by atoms with Crippen molar-refractivity contribution in [3.63, 3.8) is 0 Å². The summed E-state index contributed by atoms with van der Waals surface area (Å²) in [4.78, 5) is 26.7. The highest BCUT2D eigenvalue weighted by Gasteiger charge is 2.14. The number of carbonyl (C=O) groups excluding carboxylic acids is 1. The van der Waals surface area contributed by atoms with E-state index >= 15 is 0 Å². The van der Waals surface area contributed by atoms with Crippen LogP contribution in [0.5, 0.6) is 0 Å². The number of aromatic nitrogens is 2. The lowest BCUT2D eigenvalue weighted by molar-refractivity contribution is -0.385. The fourth-order valence-corrected chi connectivity index (χ4v) is 2.54. The quantitative estimate of drug-likeness (QED) is 0.491. The molecule has 0 spiro atoms. The van der Waals surface area contributed by atoms with Crippen LogP contribution in [0.15, 0.2) is 53.1 Å². The van der Waals surface area contributed by atoms with Gasteiger partial charge < -0.3 is 9.84 Å². The molecular weight excluding hydrogens is 372 g/mol. The first-order chi connectivity index (χ1) is 13.0. The van der Waals surface area contributed by atoms with E-state index in [1.807, 2.05) is 0 Å². The van der Waals surface area contributed by atoms with Gasteiger partial charge in [0.1, 0.15) is 0 Å². The molecule has 0 aliphatic heterocycles. The smallest absolute Gasteiger partial charge is 0.274 e. The second-order valence-corrected chi connectivity index (χ2v) is 6.12. The van der Waals surface area contributed by atoms with Crippen molar-refractivity contribution in [3.8, 4) is 11.4 Å². The van der Waals surface area contributed by atoms with E-state index in [0.717, 1.165) is 5.56 Å². The molecule has 138 valence electrons. The van der Waals surface area contributed by atoms with Crippen LogP contribution in [0.2, 0.25) is 5.02 Å². The summed E-state index contributed by atoms with van der Waals surface area (Å²) in [6.45, 7) is 0.0792. The van der Waals surface area contributed by atoms with Gasteiger partial charge in [-0.25, -0.2) is 0 Å². The second-order valence-electron chi connectivity index (χ2n) is 5.68. The molecule has 2 aromatic carbocycles. The molecule has 0 radical (unpaired) electrons. The van der Waals surface area contributed by atoms with Gasteiger partial charge in [-0.1, -0.05) is 35.0 Å².